The normalized spacial score (nSPS) is 17.5. The molecular formula is C12H11N3O4. The summed E-state index contributed by atoms with van der Waals surface area (Å²) in [5.41, 5.74) is 0.392. The van der Waals surface area contributed by atoms with E-state index in [9.17, 15) is 9.59 Å². The third kappa shape index (κ3) is 2.35. The van der Waals surface area contributed by atoms with E-state index in [1.807, 2.05) is 0 Å². The SMILES string of the molecule is COC(=O)C1=C(C(=O)OC)C(c2ccccn2)N=N1. The molecule has 0 aromatic carbocycles. The van der Waals surface area contributed by atoms with Crippen molar-refractivity contribution in [2.75, 3.05) is 14.2 Å². The lowest BCUT2D eigenvalue weighted by molar-refractivity contribution is -0.139. The molecule has 0 bridgehead atoms. The molecule has 1 aliphatic rings. The van der Waals surface area contributed by atoms with Crippen molar-refractivity contribution in [2.45, 2.75) is 6.04 Å². The highest BCUT2D eigenvalue weighted by atomic mass is 16.5. The van der Waals surface area contributed by atoms with E-state index in [2.05, 4.69) is 24.7 Å². The standard InChI is InChI=1S/C12H11N3O4/c1-18-11(16)8-9(7-5-3-4-6-13-7)14-15-10(8)12(17)19-2/h3-6,9H,1-2H3. The molecule has 1 aliphatic heterocycles. The summed E-state index contributed by atoms with van der Waals surface area (Å²) in [5.74, 6) is -1.41. The Bertz CT molecular complexity index is 566. The zero-order valence-electron chi connectivity index (χ0n) is 10.4. The molecule has 7 nitrogen and oxygen atoms in total. The van der Waals surface area contributed by atoms with Crippen LogP contribution in [0.3, 0.4) is 0 Å². The number of rotatable bonds is 3. The van der Waals surface area contributed by atoms with Crippen LogP contribution in [0.1, 0.15) is 11.7 Å². The highest BCUT2D eigenvalue weighted by Crippen LogP contribution is 2.34. The number of ether oxygens (including phenoxy) is 2. The topological polar surface area (TPSA) is 90.2 Å². The van der Waals surface area contributed by atoms with Crippen molar-refractivity contribution in [1.82, 2.24) is 4.98 Å². The van der Waals surface area contributed by atoms with Crippen LogP contribution < -0.4 is 0 Å². The number of methoxy groups -OCH3 is 2. The summed E-state index contributed by atoms with van der Waals surface area (Å²) >= 11 is 0. The third-order valence-corrected chi connectivity index (χ3v) is 2.55. The first-order chi connectivity index (χ1) is 9.19. The van der Waals surface area contributed by atoms with Crippen molar-refractivity contribution in [2.24, 2.45) is 10.2 Å². The van der Waals surface area contributed by atoms with Crippen molar-refractivity contribution in [1.29, 1.82) is 0 Å². The van der Waals surface area contributed by atoms with Crippen LogP contribution in [-0.2, 0) is 19.1 Å². The Morgan fingerprint density at radius 3 is 2.47 bits per heavy atom. The maximum atomic E-state index is 11.8. The summed E-state index contributed by atoms with van der Waals surface area (Å²) in [5, 5.41) is 7.60. The number of carbonyl (C=O) groups is 2. The Hall–Kier alpha value is -2.57. The van der Waals surface area contributed by atoms with E-state index >= 15 is 0 Å². The number of esters is 2. The van der Waals surface area contributed by atoms with Crippen molar-refractivity contribution in [3.05, 3.63) is 41.4 Å². The Labute approximate surface area is 109 Å². The molecule has 1 unspecified atom stereocenters. The lowest BCUT2D eigenvalue weighted by Gasteiger charge is -2.09. The molecule has 0 N–H and O–H groups in total. The minimum atomic E-state index is -0.747. The van der Waals surface area contributed by atoms with E-state index in [1.54, 1.807) is 24.4 Å². The maximum absolute atomic E-state index is 11.8. The Morgan fingerprint density at radius 1 is 1.16 bits per heavy atom. The fourth-order valence-electron chi connectivity index (χ4n) is 1.67. The molecule has 0 radical (unpaired) electrons. The lowest BCUT2D eigenvalue weighted by atomic mass is 10.0. The first-order valence-electron chi connectivity index (χ1n) is 5.41. The molecule has 0 fully saturated rings. The van der Waals surface area contributed by atoms with Crippen LogP contribution >= 0.6 is 0 Å². The zero-order valence-corrected chi connectivity index (χ0v) is 10.4. The zero-order chi connectivity index (χ0) is 13.8. The number of azo groups is 1. The van der Waals surface area contributed by atoms with Gasteiger partial charge in [0, 0.05) is 6.20 Å². The average molecular weight is 261 g/mol. The van der Waals surface area contributed by atoms with Crippen LogP contribution in [0, 0.1) is 0 Å². The van der Waals surface area contributed by atoms with Crippen LogP contribution in [0.4, 0.5) is 0 Å². The summed E-state index contributed by atoms with van der Waals surface area (Å²) < 4.78 is 9.22. The summed E-state index contributed by atoms with van der Waals surface area (Å²) in [6.07, 6.45) is 1.57. The molecule has 2 heterocycles. The van der Waals surface area contributed by atoms with Gasteiger partial charge in [0.05, 0.1) is 19.9 Å². The fourth-order valence-corrected chi connectivity index (χ4v) is 1.67. The predicted molar refractivity (Wildman–Crippen MR) is 62.9 cm³/mol. The molecule has 1 atom stereocenters. The molecule has 0 spiro atoms. The molecule has 1 aromatic rings. The quantitative estimate of drug-likeness (QED) is 0.762. The molecular weight excluding hydrogens is 250 g/mol. The minimum Gasteiger partial charge on any atom is -0.466 e. The van der Waals surface area contributed by atoms with Gasteiger partial charge >= 0.3 is 11.9 Å². The van der Waals surface area contributed by atoms with Crippen LogP contribution in [0.15, 0.2) is 45.9 Å². The number of nitrogens with zero attached hydrogens (tertiary/aromatic N) is 3. The molecule has 2 rings (SSSR count). The summed E-state index contributed by atoms with van der Waals surface area (Å²) in [6.45, 7) is 0. The van der Waals surface area contributed by atoms with E-state index in [0.29, 0.717) is 5.69 Å². The number of hydrogen-bond donors (Lipinski definition) is 0. The highest BCUT2D eigenvalue weighted by molar-refractivity contribution is 6.01. The summed E-state index contributed by atoms with van der Waals surface area (Å²) in [4.78, 5) is 27.5. The van der Waals surface area contributed by atoms with Gasteiger partial charge in [0.15, 0.2) is 5.70 Å². The predicted octanol–water partition coefficient (Wildman–Crippen LogP) is 1.19. The van der Waals surface area contributed by atoms with Gasteiger partial charge < -0.3 is 9.47 Å². The molecule has 19 heavy (non-hydrogen) atoms. The monoisotopic (exact) mass is 261 g/mol. The molecule has 0 saturated carbocycles. The number of hydrogen-bond acceptors (Lipinski definition) is 7. The lowest BCUT2D eigenvalue weighted by Crippen LogP contribution is -2.15. The number of carbonyl (C=O) groups excluding carboxylic acids is 2. The van der Waals surface area contributed by atoms with E-state index in [0.717, 1.165) is 0 Å². The second-order valence-corrected chi connectivity index (χ2v) is 3.62. The second kappa shape index (κ2) is 5.38. The molecule has 1 aromatic heterocycles. The minimum absolute atomic E-state index is 0.0352. The van der Waals surface area contributed by atoms with Gasteiger partial charge in [0.1, 0.15) is 11.6 Å². The number of pyridine rings is 1. The smallest absolute Gasteiger partial charge is 0.359 e. The van der Waals surface area contributed by atoms with Crippen molar-refractivity contribution in [3.8, 4) is 0 Å². The molecule has 0 aliphatic carbocycles. The van der Waals surface area contributed by atoms with Gasteiger partial charge in [-0.15, -0.1) is 5.11 Å². The van der Waals surface area contributed by atoms with Gasteiger partial charge in [-0.25, -0.2) is 9.59 Å². The van der Waals surface area contributed by atoms with E-state index in [4.69, 9.17) is 0 Å². The first-order valence-corrected chi connectivity index (χ1v) is 5.41. The summed E-state index contributed by atoms with van der Waals surface area (Å²) in [7, 11) is 2.42. The Kier molecular flexibility index (Phi) is 3.65. The van der Waals surface area contributed by atoms with E-state index in [1.165, 1.54) is 14.2 Å². The van der Waals surface area contributed by atoms with Gasteiger partial charge in [-0.05, 0) is 12.1 Å². The number of aromatic nitrogens is 1. The second-order valence-electron chi connectivity index (χ2n) is 3.62. The van der Waals surface area contributed by atoms with E-state index < -0.39 is 18.0 Å². The van der Waals surface area contributed by atoms with E-state index in [-0.39, 0.29) is 11.3 Å². The van der Waals surface area contributed by atoms with Gasteiger partial charge in [-0.1, -0.05) is 6.07 Å². The highest BCUT2D eigenvalue weighted by Gasteiger charge is 2.36. The van der Waals surface area contributed by atoms with Gasteiger partial charge in [-0.3, -0.25) is 4.98 Å². The largest absolute Gasteiger partial charge is 0.466 e. The van der Waals surface area contributed by atoms with Gasteiger partial charge in [0.2, 0.25) is 0 Å². The van der Waals surface area contributed by atoms with Crippen molar-refractivity contribution >= 4 is 11.9 Å². The maximum Gasteiger partial charge on any atom is 0.359 e. The molecule has 0 amide bonds. The van der Waals surface area contributed by atoms with Gasteiger partial charge in [0.25, 0.3) is 0 Å². The third-order valence-electron chi connectivity index (χ3n) is 2.55. The summed E-state index contributed by atoms with van der Waals surface area (Å²) in [6, 6.07) is 4.43. The molecule has 7 heteroatoms. The first kappa shape index (κ1) is 12.9. The van der Waals surface area contributed by atoms with Crippen LogP contribution in [-0.4, -0.2) is 31.1 Å². The Morgan fingerprint density at radius 2 is 1.89 bits per heavy atom. The Balaban J connectivity index is 2.47. The fraction of sp³-hybridized carbons (Fsp3) is 0.250. The average Bonchev–Trinajstić information content (AvgIpc) is 2.91. The van der Waals surface area contributed by atoms with Crippen LogP contribution in [0.5, 0.6) is 0 Å². The van der Waals surface area contributed by atoms with Gasteiger partial charge in [-0.2, -0.15) is 5.11 Å². The van der Waals surface area contributed by atoms with Crippen molar-refractivity contribution < 1.29 is 19.1 Å². The molecule has 98 valence electrons. The van der Waals surface area contributed by atoms with Crippen molar-refractivity contribution in [3.63, 3.8) is 0 Å². The molecule has 0 saturated heterocycles. The van der Waals surface area contributed by atoms with Crippen LogP contribution in [0.25, 0.3) is 0 Å². The van der Waals surface area contributed by atoms with Crippen LogP contribution in [0.2, 0.25) is 0 Å².